The predicted octanol–water partition coefficient (Wildman–Crippen LogP) is 2.69. The first-order chi connectivity index (χ1) is 17.9. The van der Waals surface area contributed by atoms with Gasteiger partial charge < -0.3 is 24.2 Å². The van der Waals surface area contributed by atoms with Crippen molar-refractivity contribution in [1.82, 2.24) is 9.88 Å². The number of halogens is 1. The van der Waals surface area contributed by atoms with Gasteiger partial charge >= 0.3 is 0 Å². The number of aryl methyl sites for hydroxylation is 1. The Balaban J connectivity index is 1.81. The smallest absolute Gasteiger partial charge is 0.295 e. The number of carbonyl (C=O) groups is 2. The highest BCUT2D eigenvalue weighted by molar-refractivity contribution is 6.46. The molecule has 1 atom stereocenters. The number of imidazole rings is 1. The Morgan fingerprint density at radius 3 is 2.57 bits per heavy atom. The summed E-state index contributed by atoms with van der Waals surface area (Å²) in [5.41, 5.74) is 0.503. The molecule has 0 saturated carbocycles. The number of benzene rings is 2. The van der Waals surface area contributed by atoms with Crippen LogP contribution >= 0.6 is 11.6 Å². The lowest BCUT2D eigenvalue weighted by atomic mass is 9.94. The van der Waals surface area contributed by atoms with Gasteiger partial charge in [-0.3, -0.25) is 14.6 Å². The lowest BCUT2D eigenvalue weighted by molar-refractivity contribution is -0.695. The van der Waals surface area contributed by atoms with E-state index in [4.69, 9.17) is 25.8 Å². The quantitative estimate of drug-likeness (QED) is 0.189. The number of ketones is 1. The van der Waals surface area contributed by atoms with E-state index in [-0.39, 0.29) is 22.7 Å². The Kier molecular flexibility index (Phi) is 8.03. The van der Waals surface area contributed by atoms with Crippen molar-refractivity contribution in [2.45, 2.75) is 25.9 Å². The summed E-state index contributed by atoms with van der Waals surface area (Å²) in [6, 6.07) is 8.68. The number of H-pyrrole nitrogens is 1. The minimum Gasteiger partial charge on any atom is -0.872 e. The molecule has 4 rings (SSSR count). The van der Waals surface area contributed by atoms with Crippen LogP contribution in [0.25, 0.3) is 5.76 Å². The van der Waals surface area contributed by atoms with Crippen LogP contribution < -0.4 is 23.9 Å². The molecule has 1 N–H and O–H groups in total. The number of ether oxygens (including phenoxy) is 3. The molecule has 0 aliphatic carbocycles. The summed E-state index contributed by atoms with van der Waals surface area (Å²) in [6.45, 7) is 3.09. The number of nitrogens with zero attached hydrogens (tertiary/aromatic N) is 2. The molecule has 1 fully saturated rings. The molecule has 0 radical (unpaired) electrons. The second-order valence-corrected chi connectivity index (χ2v) is 8.77. The number of aromatic amines is 1. The molecule has 9 nitrogen and oxygen atoms in total. The zero-order chi connectivity index (χ0) is 26.5. The van der Waals surface area contributed by atoms with Gasteiger partial charge in [0.05, 0.1) is 38.4 Å². The summed E-state index contributed by atoms with van der Waals surface area (Å²) in [4.78, 5) is 31.0. The van der Waals surface area contributed by atoms with Crippen molar-refractivity contribution in [2.24, 2.45) is 0 Å². The summed E-state index contributed by atoms with van der Waals surface area (Å²) in [6.07, 6.45) is 6.02. The van der Waals surface area contributed by atoms with E-state index < -0.39 is 23.5 Å². The summed E-state index contributed by atoms with van der Waals surface area (Å²) >= 11 is 6.32. The lowest BCUT2D eigenvalue weighted by Crippen LogP contribution is -2.36. The third-order valence-corrected chi connectivity index (χ3v) is 6.47. The van der Waals surface area contributed by atoms with Crippen molar-refractivity contribution in [1.29, 1.82) is 0 Å². The maximum absolute atomic E-state index is 13.8. The molecule has 1 saturated heterocycles. The second-order valence-electron chi connectivity index (χ2n) is 8.36. The maximum Gasteiger partial charge on any atom is 0.295 e. The first-order valence-corrected chi connectivity index (χ1v) is 12.2. The highest BCUT2D eigenvalue weighted by atomic mass is 35.5. The lowest BCUT2D eigenvalue weighted by Gasteiger charge is -2.28. The number of nitrogens with one attached hydrogen (secondary N) is 1. The number of methoxy groups -OCH3 is 2. The number of rotatable bonds is 10. The Bertz CT molecular complexity index is 1320. The van der Waals surface area contributed by atoms with Gasteiger partial charge in [0, 0.05) is 24.1 Å². The van der Waals surface area contributed by atoms with Gasteiger partial charge in [-0.05, 0) is 42.8 Å². The van der Waals surface area contributed by atoms with Gasteiger partial charge in [-0.2, -0.15) is 0 Å². The average molecular weight is 526 g/mol. The number of carbonyl (C=O) groups excluding carboxylic acids is 2. The number of Topliss-reactive ketones (excluding diaryl/α,β-unsaturated/α-hetero) is 1. The molecule has 2 aromatic carbocycles. The summed E-state index contributed by atoms with van der Waals surface area (Å²) < 4.78 is 18.3. The first kappa shape index (κ1) is 26.1. The Morgan fingerprint density at radius 2 is 1.92 bits per heavy atom. The molecule has 1 aliphatic heterocycles. The van der Waals surface area contributed by atoms with Gasteiger partial charge in [0.25, 0.3) is 5.91 Å². The number of aromatic nitrogens is 2. The Labute approximate surface area is 219 Å². The van der Waals surface area contributed by atoms with E-state index >= 15 is 0 Å². The van der Waals surface area contributed by atoms with Gasteiger partial charge in [0.15, 0.2) is 0 Å². The van der Waals surface area contributed by atoms with Crippen molar-refractivity contribution in [3.63, 3.8) is 0 Å². The molecule has 10 heteroatoms. The zero-order valence-corrected chi connectivity index (χ0v) is 21.6. The van der Waals surface area contributed by atoms with Crippen molar-refractivity contribution < 1.29 is 33.5 Å². The van der Waals surface area contributed by atoms with E-state index in [2.05, 4.69) is 4.98 Å². The van der Waals surface area contributed by atoms with Gasteiger partial charge in [-0.1, -0.05) is 23.4 Å². The molecular weight excluding hydrogens is 498 g/mol. The molecule has 0 spiro atoms. The number of amides is 1. The normalized spacial score (nSPS) is 16.8. The molecular formula is C27H28ClN3O6. The molecule has 37 heavy (non-hydrogen) atoms. The molecule has 1 unspecified atom stereocenters. The molecule has 2 heterocycles. The Hall–Kier alpha value is -3.98. The van der Waals surface area contributed by atoms with E-state index in [0.29, 0.717) is 42.4 Å². The monoisotopic (exact) mass is 525 g/mol. The first-order valence-electron chi connectivity index (χ1n) is 11.8. The van der Waals surface area contributed by atoms with Gasteiger partial charge in [0.2, 0.25) is 12.1 Å². The summed E-state index contributed by atoms with van der Waals surface area (Å²) in [5.74, 6) is -0.821. The van der Waals surface area contributed by atoms with E-state index in [1.54, 1.807) is 36.8 Å². The highest BCUT2D eigenvalue weighted by Crippen LogP contribution is 2.43. The fourth-order valence-corrected chi connectivity index (χ4v) is 4.67. The van der Waals surface area contributed by atoms with Crippen LogP contribution in [0.5, 0.6) is 17.2 Å². The standard InChI is InChI=1S/C27H28ClN3O6/c1-4-37-22-8-6-17(14-20(22)28)25(32)23-24(19-15-18(35-2)7-9-21(19)36-3)31(27(34)26(23)33)12-5-11-30-13-10-29-16-30/h6-10,13-16,24H,4-5,11-12H2,1-3H3,(H,32,33). The second kappa shape index (κ2) is 11.4. The van der Waals surface area contributed by atoms with Crippen LogP contribution in [0, 0.1) is 0 Å². The van der Waals surface area contributed by atoms with Crippen LogP contribution in [0.1, 0.15) is 30.5 Å². The highest BCUT2D eigenvalue weighted by Gasteiger charge is 2.45. The number of hydrogen-bond donors (Lipinski definition) is 1. The van der Waals surface area contributed by atoms with Gasteiger partial charge in [-0.15, -0.1) is 0 Å². The molecule has 3 aromatic rings. The zero-order valence-electron chi connectivity index (χ0n) is 20.8. The summed E-state index contributed by atoms with van der Waals surface area (Å²) in [5, 5.41) is 14.0. The fourth-order valence-electron chi connectivity index (χ4n) is 4.43. The van der Waals surface area contributed by atoms with Crippen molar-refractivity contribution in [2.75, 3.05) is 27.4 Å². The van der Waals surface area contributed by atoms with Crippen molar-refractivity contribution >= 4 is 29.1 Å². The van der Waals surface area contributed by atoms with Crippen LogP contribution in [0.3, 0.4) is 0 Å². The van der Waals surface area contributed by atoms with Crippen LogP contribution in [0.15, 0.2) is 60.7 Å². The fraction of sp³-hybridized carbons (Fsp3) is 0.296. The minimum atomic E-state index is -0.959. The third-order valence-electron chi connectivity index (χ3n) is 6.17. The predicted molar refractivity (Wildman–Crippen MR) is 134 cm³/mol. The van der Waals surface area contributed by atoms with Crippen LogP contribution in [-0.2, 0) is 16.1 Å². The molecule has 0 bridgehead atoms. The molecule has 1 aliphatic rings. The molecule has 194 valence electrons. The third kappa shape index (κ3) is 5.27. The van der Waals surface area contributed by atoms with Crippen LogP contribution in [0.2, 0.25) is 5.02 Å². The van der Waals surface area contributed by atoms with E-state index in [1.807, 2.05) is 17.7 Å². The van der Waals surface area contributed by atoms with Crippen LogP contribution in [-0.4, -0.2) is 48.9 Å². The minimum absolute atomic E-state index is 0.161. The summed E-state index contributed by atoms with van der Waals surface area (Å²) in [7, 11) is 3.00. The van der Waals surface area contributed by atoms with E-state index in [1.165, 1.54) is 31.3 Å². The van der Waals surface area contributed by atoms with Crippen molar-refractivity contribution in [3.05, 3.63) is 76.8 Å². The molecule has 1 aromatic heterocycles. The number of likely N-dealkylation sites (tertiary alicyclic amines) is 1. The van der Waals surface area contributed by atoms with Gasteiger partial charge in [0.1, 0.15) is 29.6 Å². The van der Waals surface area contributed by atoms with E-state index in [0.717, 1.165) is 0 Å². The Morgan fingerprint density at radius 1 is 1.14 bits per heavy atom. The topological polar surface area (TPSA) is 108 Å². The van der Waals surface area contributed by atoms with E-state index in [9.17, 15) is 14.7 Å². The maximum atomic E-state index is 13.8. The average Bonchev–Trinajstić information content (AvgIpc) is 3.51. The molecule has 1 amide bonds. The number of hydrogen-bond acceptors (Lipinski definition) is 6. The van der Waals surface area contributed by atoms with Crippen LogP contribution in [0.4, 0.5) is 0 Å². The van der Waals surface area contributed by atoms with Gasteiger partial charge in [-0.25, -0.2) is 4.57 Å². The van der Waals surface area contributed by atoms with Crippen molar-refractivity contribution in [3.8, 4) is 17.2 Å². The largest absolute Gasteiger partial charge is 0.872 e. The SMILES string of the molecule is CCOc1ccc(/C([O-])=C2\C(=O)C(=O)N(CCC[n+]3cc[nH]c3)C2c2cc(OC)ccc2OC)cc1Cl.